The first-order valence-electron chi connectivity index (χ1n) is 9.01. The Morgan fingerprint density at radius 2 is 1.77 bits per heavy atom. The molecule has 2 N–H and O–H groups in total. The smallest absolute Gasteiger partial charge is 0.0703 e. The summed E-state index contributed by atoms with van der Waals surface area (Å²) in [4.78, 5) is 7.29. The molecular formula is C22H21N3S. The second-order valence-electron chi connectivity index (χ2n) is 6.98. The highest BCUT2D eigenvalue weighted by Gasteiger charge is 2.19. The van der Waals surface area contributed by atoms with Crippen LogP contribution in [-0.2, 0) is 13.0 Å². The lowest BCUT2D eigenvalue weighted by Crippen LogP contribution is -2.26. The maximum atomic E-state index is 3.67. The first kappa shape index (κ1) is 15.8. The van der Waals surface area contributed by atoms with Gasteiger partial charge in [-0.3, -0.25) is 0 Å². The average molecular weight is 359 g/mol. The van der Waals surface area contributed by atoms with E-state index in [0.29, 0.717) is 0 Å². The number of nitrogens with zero attached hydrogens (tertiary/aromatic N) is 1. The molecule has 0 bridgehead atoms. The van der Waals surface area contributed by atoms with Crippen LogP contribution in [0.5, 0.6) is 0 Å². The lowest BCUT2D eigenvalue weighted by atomic mass is 10.0. The lowest BCUT2D eigenvalue weighted by molar-refractivity contribution is 0.310. The molecule has 26 heavy (non-hydrogen) atoms. The third-order valence-electron chi connectivity index (χ3n) is 5.22. The zero-order valence-electron chi connectivity index (χ0n) is 14.8. The summed E-state index contributed by atoms with van der Waals surface area (Å²) >= 11 is 1.68. The van der Waals surface area contributed by atoms with Gasteiger partial charge in [0.15, 0.2) is 0 Å². The van der Waals surface area contributed by atoms with E-state index in [1.54, 1.807) is 11.9 Å². The number of likely N-dealkylation sites (N-methyl/N-ethyl adjacent to an activating group) is 1. The molecule has 2 heterocycles. The molecule has 4 aromatic rings. The number of anilines is 1. The number of aromatic nitrogens is 1. The molecule has 1 aliphatic rings. The van der Waals surface area contributed by atoms with Crippen molar-refractivity contribution in [3.63, 3.8) is 0 Å². The van der Waals surface area contributed by atoms with Crippen molar-refractivity contribution in [1.29, 1.82) is 0 Å². The predicted octanol–water partition coefficient (Wildman–Crippen LogP) is 5.43. The minimum Gasteiger partial charge on any atom is -0.355 e. The largest absolute Gasteiger partial charge is 0.355 e. The van der Waals surface area contributed by atoms with Crippen LogP contribution >= 0.6 is 11.9 Å². The van der Waals surface area contributed by atoms with Gasteiger partial charge in [0.25, 0.3) is 0 Å². The molecule has 1 aromatic heterocycles. The van der Waals surface area contributed by atoms with Gasteiger partial charge in [0.1, 0.15) is 0 Å². The van der Waals surface area contributed by atoms with Crippen molar-refractivity contribution in [2.75, 3.05) is 18.3 Å². The van der Waals surface area contributed by atoms with E-state index in [4.69, 9.17) is 0 Å². The van der Waals surface area contributed by atoms with Crippen LogP contribution in [0.15, 0.2) is 65.6 Å². The first-order valence-corrected chi connectivity index (χ1v) is 9.83. The van der Waals surface area contributed by atoms with E-state index >= 15 is 0 Å². The van der Waals surface area contributed by atoms with Crippen LogP contribution in [0.4, 0.5) is 5.69 Å². The van der Waals surface area contributed by atoms with Gasteiger partial charge in [0.05, 0.1) is 11.2 Å². The molecule has 0 radical (unpaired) electrons. The van der Waals surface area contributed by atoms with Gasteiger partial charge in [-0.25, -0.2) is 0 Å². The van der Waals surface area contributed by atoms with Crippen molar-refractivity contribution in [2.24, 2.45) is 0 Å². The van der Waals surface area contributed by atoms with E-state index in [1.807, 2.05) is 0 Å². The van der Waals surface area contributed by atoms with Gasteiger partial charge in [0.2, 0.25) is 0 Å². The van der Waals surface area contributed by atoms with Crippen molar-refractivity contribution in [1.82, 2.24) is 9.88 Å². The number of hydrogen-bond acceptors (Lipinski definition) is 3. The van der Waals surface area contributed by atoms with E-state index < -0.39 is 0 Å². The Balaban J connectivity index is 1.50. The third-order valence-corrected chi connectivity index (χ3v) is 6.12. The van der Waals surface area contributed by atoms with Crippen LogP contribution in [-0.4, -0.2) is 23.5 Å². The van der Waals surface area contributed by atoms with Gasteiger partial charge in [-0.2, -0.15) is 0 Å². The summed E-state index contributed by atoms with van der Waals surface area (Å²) in [6.45, 7) is 2.13. The number of aromatic amines is 1. The molecule has 3 nitrogen and oxygen atoms in total. The monoisotopic (exact) mass is 359 g/mol. The summed E-state index contributed by atoms with van der Waals surface area (Å²) in [7, 11) is 2.18. The summed E-state index contributed by atoms with van der Waals surface area (Å²) in [5.74, 6) is 0. The highest BCUT2D eigenvalue weighted by molar-refractivity contribution is 8.00. The van der Waals surface area contributed by atoms with Crippen molar-refractivity contribution in [3.8, 4) is 0 Å². The van der Waals surface area contributed by atoms with Crippen LogP contribution in [0.2, 0.25) is 0 Å². The Morgan fingerprint density at radius 3 is 2.73 bits per heavy atom. The van der Waals surface area contributed by atoms with Crippen LogP contribution in [0.1, 0.15) is 11.3 Å². The molecule has 0 unspecified atom stereocenters. The zero-order valence-corrected chi connectivity index (χ0v) is 15.6. The van der Waals surface area contributed by atoms with Crippen molar-refractivity contribution in [2.45, 2.75) is 17.9 Å². The Morgan fingerprint density at radius 1 is 0.962 bits per heavy atom. The fourth-order valence-electron chi connectivity index (χ4n) is 3.88. The van der Waals surface area contributed by atoms with Crippen molar-refractivity contribution < 1.29 is 0 Å². The molecule has 5 rings (SSSR count). The SMILES string of the molecule is CN1CCc2c([nH]c3c(NSc4cccc5ccccc45)cccc23)C1. The topological polar surface area (TPSA) is 31.1 Å². The lowest BCUT2D eigenvalue weighted by Gasteiger charge is -2.22. The van der Waals surface area contributed by atoms with Crippen LogP contribution < -0.4 is 4.72 Å². The fourth-order valence-corrected chi connectivity index (χ4v) is 4.71. The second kappa shape index (κ2) is 6.38. The molecule has 4 heteroatoms. The number of para-hydroxylation sites is 1. The summed E-state index contributed by atoms with van der Waals surface area (Å²) in [5, 5.41) is 3.92. The van der Waals surface area contributed by atoms with Crippen LogP contribution in [0, 0.1) is 0 Å². The fraction of sp³-hybridized carbons (Fsp3) is 0.182. The van der Waals surface area contributed by atoms with Gasteiger partial charge < -0.3 is 14.6 Å². The molecule has 0 spiro atoms. The Labute approximate surface area is 157 Å². The van der Waals surface area contributed by atoms with Gasteiger partial charge in [-0.1, -0.05) is 48.5 Å². The minimum absolute atomic E-state index is 1.000. The molecule has 0 aliphatic carbocycles. The summed E-state index contributed by atoms with van der Waals surface area (Å²) in [6.07, 6.45) is 1.12. The predicted molar refractivity (Wildman–Crippen MR) is 112 cm³/mol. The Kier molecular flexibility index (Phi) is 3.88. The van der Waals surface area contributed by atoms with Gasteiger partial charge >= 0.3 is 0 Å². The highest BCUT2D eigenvalue weighted by Crippen LogP contribution is 2.34. The van der Waals surface area contributed by atoms with Gasteiger partial charge in [-0.15, -0.1) is 0 Å². The molecular weight excluding hydrogens is 338 g/mol. The summed E-state index contributed by atoms with van der Waals surface area (Å²) in [5.41, 5.74) is 5.22. The van der Waals surface area contributed by atoms with Gasteiger partial charge in [-0.05, 0) is 53.9 Å². The molecule has 0 fully saturated rings. The average Bonchev–Trinajstić information content (AvgIpc) is 3.04. The standard InChI is InChI=1S/C22H21N3S/c1-25-13-12-17-18-9-5-10-19(22(18)23-20(17)14-25)24-26-21-11-4-7-15-6-2-3-8-16(15)21/h2-11,23-24H,12-14H2,1H3. The summed E-state index contributed by atoms with van der Waals surface area (Å²) < 4.78 is 3.59. The number of fused-ring (bicyclic) bond motifs is 4. The molecule has 0 saturated carbocycles. The van der Waals surface area contributed by atoms with Gasteiger partial charge in [0, 0.05) is 29.1 Å². The highest BCUT2D eigenvalue weighted by atomic mass is 32.2. The number of nitrogens with one attached hydrogen (secondary N) is 2. The Bertz CT molecular complexity index is 1090. The molecule has 0 saturated heterocycles. The van der Waals surface area contributed by atoms with E-state index in [-0.39, 0.29) is 0 Å². The van der Waals surface area contributed by atoms with Crippen LogP contribution in [0.3, 0.4) is 0 Å². The number of hydrogen-bond donors (Lipinski definition) is 2. The Hall–Kier alpha value is -2.43. The molecule has 3 aromatic carbocycles. The van der Waals surface area contributed by atoms with E-state index in [1.165, 1.54) is 37.8 Å². The maximum absolute atomic E-state index is 3.67. The van der Waals surface area contributed by atoms with E-state index in [9.17, 15) is 0 Å². The minimum atomic E-state index is 1.000. The third kappa shape index (κ3) is 2.66. The normalized spacial score (nSPS) is 14.7. The molecule has 1 aliphatic heterocycles. The first-order chi connectivity index (χ1) is 12.8. The van der Waals surface area contributed by atoms with Crippen molar-refractivity contribution in [3.05, 3.63) is 71.9 Å². The van der Waals surface area contributed by atoms with E-state index in [2.05, 4.69) is 82.3 Å². The maximum Gasteiger partial charge on any atom is 0.0703 e. The molecule has 130 valence electrons. The zero-order chi connectivity index (χ0) is 17.5. The van der Waals surface area contributed by atoms with Crippen molar-refractivity contribution >= 4 is 39.3 Å². The number of H-pyrrole nitrogens is 1. The van der Waals surface area contributed by atoms with Crippen LogP contribution in [0.25, 0.3) is 21.7 Å². The molecule has 0 amide bonds. The quantitative estimate of drug-likeness (QED) is 0.478. The second-order valence-corrected chi connectivity index (χ2v) is 7.83. The number of rotatable bonds is 3. The molecule has 0 atom stereocenters. The number of benzene rings is 3. The van der Waals surface area contributed by atoms with E-state index in [0.717, 1.165) is 25.2 Å². The summed E-state index contributed by atoms with van der Waals surface area (Å²) in [6, 6.07) is 21.5.